The zero-order valence-electron chi connectivity index (χ0n) is 8.46. The van der Waals surface area contributed by atoms with Crippen molar-refractivity contribution < 1.29 is 0 Å². The summed E-state index contributed by atoms with van der Waals surface area (Å²) in [7, 11) is 0. The number of anilines is 6. The summed E-state index contributed by atoms with van der Waals surface area (Å²) in [5, 5.41) is 6.28. The Hall–Kier alpha value is -2.36. The molecule has 2 heterocycles. The van der Waals surface area contributed by atoms with Crippen LogP contribution in [-0.4, -0.2) is 0 Å². The van der Waals surface area contributed by atoms with E-state index in [0.29, 0.717) is 0 Å². The quantitative estimate of drug-likeness (QED) is 0.287. The van der Waals surface area contributed by atoms with Crippen molar-refractivity contribution in [2.45, 2.75) is 0 Å². The second kappa shape index (κ2) is 2.24. The molecule has 0 aliphatic carbocycles. The molecule has 0 saturated heterocycles. The van der Waals surface area contributed by atoms with E-state index in [1.807, 2.05) is 12.1 Å². The Morgan fingerprint density at radius 3 is 1.50 bits per heavy atom. The van der Waals surface area contributed by atoms with Crippen molar-refractivity contribution >= 4 is 34.1 Å². The summed E-state index contributed by atoms with van der Waals surface area (Å²) >= 11 is 0. The maximum atomic E-state index is 5.89. The highest BCUT2D eigenvalue weighted by Gasteiger charge is 2.23. The molecular formula is C12H10N4. The Kier molecular flexibility index (Phi) is 1.10. The standard InChI is InChI=1S/C12H10N4/c13-7-1-5(3-9-11(7)15-9)6-2-8(14)12-10(4-6)16-12/h1-4,15-16H,13-14H2. The van der Waals surface area contributed by atoms with Crippen LogP contribution in [0.5, 0.6) is 0 Å². The molecule has 0 radical (unpaired) electrons. The van der Waals surface area contributed by atoms with E-state index >= 15 is 0 Å². The first kappa shape index (κ1) is 7.87. The molecule has 2 aromatic carbocycles. The van der Waals surface area contributed by atoms with Crippen LogP contribution in [0, 0.1) is 0 Å². The van der Waals surface area contributed by atoms with Crippen LogP contribution in [0.2, 0.25) is 0 Å². The molecule has 78 valence electrons. The molecule has 0 saturated carbocycles. The van der Waals surface area contributed by atoms with Crippen LogP contribution >= 0.6 is 0 Å². The van der Waals surface area contributed by atoms with E-state index in [1.54, 1.807) is 0 Å². The van der Waals surface area contributed by atoms with E-state index in [4.69, 9.17) is 11.5 Å². The topological polar surface area (TPSA) is 95.9 Å². The minimum Gasteiger partial charge on any atom is -0.397 e. The Balaban J connectivity index is 1.91. The predicted molar refractivity (Wildman–Crippen MR) is 67.3 cm³/mol. The summed E-state index contributed by atoms with van der Waals surface area (Å²) in [6.45, 7) is 0. The van der Waals surface area contributed by atoms with E-state index in [2.05, 4.69) is 22.8 Å². The molecule has 2 aromatic rings. The van der Waals surface area contributed by atoms with Gasteiger partial charge in [-0.25, -0.2) is 0 Å². The minimum atomic E-state index is 0.795. The third kappa shape index (κ3) is 0.930. The van der Waals surface area contributed by atoms with Gasteiger partial charge in [-0.1, -0.05) is 0 Å². The van der Waals surface area contributed by atoms with Gasteiger partial charge < -0.3 is 22.1 Å². The van der Waals surface area contributed by atoms with E-state index in [0.717, 1.165) is 45.3 Å². The molecule has 0 amide bonds. The van der Waals surface area contributed by atoms with Crippen molar-refractivity contribution in [3.05, 3.63) is 24.3 Å². The molecule has 0 fully saturated rings. The Bertz CT molecular complexity index is 588. The fourth-order valence-electron chi connectivity index (χ4n) is 2.09. The van der Waals surface area contributed by atoms with Crippen molar-refractivity contribution in [1.82, 2.24) is 0 Å². The molecule has 4 rings (SSSR count). The van der Waals surface area contributed by atoms with Gasteiger partial charge in [0, 0.05) is 0 Å². The van der Waals surface area contributed by atoms with Gasteiger partial charge in [0.1, 0.15) is 0 Å². The summed E-state index contributed by atoms with van der Waals surface area (Å²) in [4.78, 5) is 0. The Morgan fingerprint density at radius 1 is 0.688 bits per heavy atom. The van der Waals surface area contributed by atoms with E-state index in [9.17, 15) is 0 Å². The van der Waals surface area contributed by atoms with Gasteiger partial charge in [0.25, 0.3) is 0 Å². The van der Waals surface area contributed by atoms with E-state index in [1.165, 1.54) is 0 Å². The largest absolute Gasteiger partial charge is 0.397 e. The zero-order chi connectivity index (χ0) is 10.9. The molecule has 4 heteroatoms. The SMILES string of the molecule is Nc1cc(-c2cc(N)c3c(c2)N3)cc2c1N2. The van der Waals surface area contributed by atoms with Crippen LogP contribution in [0.3, 0.4) is 0 Å². The second-order valence-electron chi connectivity index (χ2n) is 4.23. The highest BCUT2D eigenvalue weighted by atomic mass is 15.1. The summed E-state index contributed by atoms with van der Waals surface area (Å²) < 4.78 is 0. The predicted octanol–water partition coefficient (Wildman–Crippen LogP) is 2.63. The summed E-state index contributed by atoms with van der Waals surface area (Å²) in [5.74, 6) is 0. The van der Waals surface area contributed by atoms with Gasteiger partial charge in [-0.3, -0.25) is 0 Å². The van der Waals surface area contributed by atoms with Gasteiger partial charge in [0.05, 0.1) is 34.1 Å². The summed E-state index contributed by atoms with van der Waals surface area (Å²) in [6, 6.07) is 8.13. The van der Waals surface area contributed by atoms with Crippen molar-refractivity contribution in [1.29, 1.82) is 0 Å². The third-order valence-electron chi connectivity index (χ3n) is 3.07. The van der Waals surface area contributed by atoms with E-state index in [-0.39, 0.29) is 0 Å². The lowest BCUT2D eigenvalue weighted by Gasteiger charge is -2.01. The number of benzene rings is 2. The van der Waals surface area contributed by atoms with Gasteiger partial charge in [-0.2, -0.15) is 0 Å². The fraction of sp³-hybridized carbons (Fsp3) is 0. The summed E-state index contributed by atoms with van der Waals surface area (Å²) in [6.07, 6.45) is 0. The van der Waals surface area contributed by atoms with Crippen LogP contribution in [0.4, 0.5) is 34.1 Å². The third-order valence-corrected chi connectivity index (χ3v) is 3.07. The van der Waals surface area contributed by atoms with Crippen molar-refractivity contribution in [2.24, 2.45) is 0 Å². The molecule has 0 spiro atoms. The summed E-state index contributed by atoms with van der Waals surface area (Å²) in [5.41, 5.74) is 19.9. The second-order valence-corrected chi connectivity index (χ2v) is 4.23. The normalized spacial score (nSPS) is 13.2. The molecule has 2 aliphatic rings. The van der Waals surface area contributed by atoms with Gasteiger partial charge in [0.15, 0.2) is 0 Å². The van der Waals surface area contributed by atoms with Crippen LogP contribution in [0.25, 0.3) is 11.1 Å². The monoisotopic (exact) mass is 210 g/mol. The van der Waals surface area contributed by atoms with Crippen LogP contribution in [0.1, 0.15) is 0 Å². The molecule has 0 atom stereocenters. The minimum absolute atomic E-state index is 0.795. The maximum absolute atomic E-state index is 5.89. The van der Waals surface area contributed by atoms with Crippen LogP contribution < -0.4 is 22.1 Å². The molecule has 0 bridgehead atoms. The number of rotatable bonds is 1. The van der Waals surface area contributed by atoms with Crippen molar-refractivity contribution in [3.63, 3.8) is 0 Å². The first-order valence-electron chi connectivity index (χ1n) is 5.14. The highest BCUT2D eigenvalue weighted by molar-refractivity contribution is 6.05. The Labute approximate surface area is 92.3 Å². The van der Waals surface area contributed by atoms with Crippen molar-refractivity contribution in [2.75, 3.05) is 22.1 Å². The van der Waals surface area contributed by atoms with E-state index < -0.39 is 0 Å². The number of hydrogen-bond acceptors (Lipinski definition) is 4. The van der Waals surface area contributed by atoms with Gasteiger partial charge in [0.2, 0.25) is 0 Å². The maximum Gasteiger partial charge on any atom is 0.0857 e. The molecule has 4 nitrogen and oxygen atoms in total. The first-order chi connectivity index (χ1) is 7.72. The first-order valence-corrected chi connectivity index (χ1v) is 5.14. The smallest absolute Gasteiger partial charge is 0.0857 e. The Morgan fingerprint density at radius 2 is 1.12 bits per heavy atom. The van der Waals surface area contributed by atoms with Crippen LogP contribution in [-0.2, 0) is 0 Å². The van der Waals surface area contributed by atoms with Gasteiger partial charge in [-0.15, -0.1) is 0 Å². The molecule has 6 N–H and O–H groups in total. The lowest BCUT2D eigenvalue weighted by atomic mass is 10.0. The lowest BCUT2D eigenvalue weighted by molar-refractivity contribution is 1.70. The molecular weight excluding hydrogens is 200 g/mol. The molecule has 2 aliphatic heterocycles. The molecule has 0 aromatic heterocycles. The van der Waals surface area contributed by atoms with Crippen molar-refractivity contribution in [3.8, 4) is 11.1 Å². The fourth-order valence-corrected chi connectivity index (χ4v) is 2.09. The number of nitrogen functional groups attached to an aromatic ring is 2. The number of nitrogens with two attached hydrogens (primary N) is 2. The number of nitrogens with one attached hydrogen (secondary N) is 2. The van der Waals surface area contributed by atoms with Gasteiger partial charge in [-0.05, 0) is 35.4 Å². The van der Waals surface area contributed by atoms with Gasteiger partial charge >= 0.3 is 0 Å². The van der Waals surface area contributed by atoms with Crippen LogP contribution in [0.15, 0.2) is 24.3 Å². The highest BCUT2D eigenvalue weighted by Crippen LogP contribution is 2.50. The number of fused-ring (bicyclic) bond motifs is 2. The average Bonchev–Trinajstić information content (AvgIpc) is 3.10. The molecule has 0 unspecified atom stereocenters. The average molecular weight is 210 g/mol. The lowest BCUT2D eigenvalue weighted by Crippen LogP contribution is -1.84. The zero-order valence-corrected chi connectivity index (χ0v) is 8.46. The molecule has 16 heavy (non-hydrogen) atoms. The number of hydrogen-bond donors (Lipinski definition) is 4.